The van der Waals surface area contributed by atoms with Crippen LogP contribution in [-0.2, 0) is 4.79 Å². The third-order valence-electron chi connectivity index (χ3n) is 3.09. The van der Waals surface area contributed by atoms with E-state index in [4.69, 9.17) is 5.73 Å². The van der Waals surface area contributed by atoms with E-state index in [0.717, 1.165) is 13.1 Å². The van der Waals surface area contributed by atoms with Crippen molar-refractivity contribution in [3.05, 3.63) is 0 Å². The van der Waals surface area contributed by atoms with E-state index in [1.54, 1.807) is 11.9 Å². The van der Waals surface area contributed by atoms with Crippen LogP contribution in [0.2, 0.25) is 0 Å². The molecular formula is C13H25N7O. The van der Waals surface area contributed by atoms with Crippen LogP contribution in [0.4, 0.5) is 17.8 Å². The van der Waals surface area contributed by atoms with Crippen LogP contribution in [0.5, 0.6) is 0 Å². The summed E-state index contributed by atoms with van der Waals surface area (Å²) in [7, 11) is 1.75. The lowest BCUT2D eigenvalue weighted by atomic mass is 10.3. The van der Waals surface area contributed by atoms with E-state index in [9.17, 15) is 4.79 Å². The molecule has 1 rings (SSSR count). The van der Waals surface area contributed by atoms with Gasteiger partial charge in [-0.3, -0.25) is 4.79 Å². The maximum Gasteiger partial charge on any atom is 0.237 e. The largest absolute Gasteiger partial charge is 0.368 e. The van der Waals surface area contributed by atoms with Gasteiger partial charge in [0, 0.05) is 26.2 Å². The molecule has 8 nitrogen and oxygen atoms in total. The van der Waals surface area contributed by atoms with Gasteiger partial charge in [0.25, 0.3) is 0 Å². The quantitative estimate of drug-likeness (QED) is 0.718. The number of rotatable bonds is 8. The van der Waals surface area contributed by atoms with E-state index in [1.165, 1.54) is 0 Å². The summed E-state index contributed by atoms with van der Waals surface area (Å²) in [4.78, 5) is 28.2. The Kier molecular flexibility index (Phi) is 6.13. The van der Waals surface area contributed by atoms with Gasteiger partial charge < -0.3 is 20.9 Å². The number of nitrogens with one attached hydrogen (secondary N) is 1. The van der Waals surface area contributed by atoms with Crippen molar-refractivity contribution in [3.63, 3.8) is 0 Å². The Hall–Kier alpha value is -2.12. The number of carbonyl (C=O) groups excluding carboxylic acids is 1. The first-order chi connectivity index (χ1) is 9.92. The third-order valence-corrected chi connectivity index (χ3v) is 3.09. The Morgan fingerprint density at radius 2 is 1.76 bits per heavy atom. The average Bonchev–Trinajstić information content (AvgIpc) is 2.45. The number of primary amides is 1. The van der Waals surface area contributed by atoms with Gasteiger partial charge in [0.15, 0.2) is 0 Å². The van der Waals surface area contributed by atoms with Gasteiger partial charge >= 0.3 is 0 Å². The normalized spacial score (nSPS) is 10.6. The standard InChI is InChI=1S/C13H25N7O/c1-6-19(7-2)12-16-11(15-5)17-13(18-12)20(9(3)4)8-10(14)21/h9H,6-8H2,1-5H3,(H2,14,21)(H,15,16,17,18). The van der Waals surface area contributed by atoms with Crippen molar-refractivity contribution in [2.24, 2.45) is 5.73 Å². The lowest BCUT2D eigenvalue weighted by Gasteiger charge is -2.27. The Balaban J connectivity index is 3.25. The van der Waals surface area contributed by atoms with Crippen molar-refractivity contribution in [3.8, 4) is 0 Å². The van der Waals surface area contributed by atoms with Crippen LogP contribution in [0.25, 0.3) is 0 Å². The molecule has 1 heterocycles. The molecule has 0 bridgehead atoms. The monoisotopic (exact) mass is 295 g/mol. The first-order valence-electron chi connectivity index (χ1n) is 7.16. The van der Waals surface area contributed by atoms with Crippen LogP contribution in [0.3, 0.4) is 0 Å². The van der Waals surface area contributed by atoms with Gasteiger partial charge in [-0.05, 0) is 27.7 Å². The zero-order valence-electron chi connectivity index (χ0n) is 13.4. The van der Waals surface area contributed by atoms with Crippen molar-refractivity contribution in [2.75, 3.05) is 41.8 Å². The molecule has 3 N–H and O–H groups in total. The van der Waals surface area contributed by atoms with Gasteiger partial charge in [0.1, 0.15) is 0 Å². The molecule has 8 heteroatoms. The second-order valence-electron chi connectivity index (χ2n) is 4.87. The maximum atomic E-state index is 11.3. The van der Waals surface area contributed by atoms with Crippen molar-refractivity contribution in [1.82, 2.24) is 15.0 Å². The maximum absolute atomic E-state index is 11.3. The molecule has 0 radical (unpaired) electrons. The zero-order chi connectivity index (χ0) is 16.0. The first kappa shape index (κ1) is 16.9. The fourth-order valence-corrected chi connectivity index (χ4v) is 1.89. The predicted molar refractivity (Wildman–Crippen MR) is 84.6 cm³/mol. The minimum absolute atomic E-state index is 0.0501. The van der Waals surface area contributed by atoms with E-state index >= 15 is 0 Å². The van der Waals surface area contributed by atoms with Gasteiger partial charge in [0.05, 0.1) is 6.54 Å². The SMILES string of the molecule is CCN(CC)c1nc(NC)nc(N(CC(N)=O)C(C)C)n1. The second kappa shape index (κ2) is 7.61. The van der Waals surface area contributed by atoms with Gasteiger partial charge in [-0.1, -0.05) is 0 Å². The van der Waals surface area contributed by atoms with Crippen LogP contribution < -0.4 is 20.9 Å². The topological polar surface area (TPSA) is 100 Å². The highest BCUT2D eigenvalue weighted by atomic mass is 16.1. The van der Waals surface area contributed by atoms with E-state index in [2.05, 4.69) is 20.3 Å². The van der Waals surface area contributed by atoms with Gasteiger partial charge in [-0.25, -0.2) is 0 Å². The summed E-state index contributed by atoms with van der Waals surface area (Å²) in [5.41, 5.74) is 5.31. The van der Waals surface area contributed by atoms with Crippen LogP contribution in [0.15, 0.2) is 0 Å². The van der Waals surface area contributed by atoms with Crippen molar-refractivity contribution < 1.29 is 4.79 Å². The highest BCUT2D eigenvalue weighted by molar-refractivity contribution is 5.79. The van der Waals surface area contributed by atoms with Crippen molar-refractivity contribution in [2.45, 2.75) is 33.7 Å². The molecule has 0 aliphatic rings. The van der Waals surface area contributed by atoms with E-state index in [1.807, 2.05) is 32.6 Å². The second-order valence-corrected chi connectivity index (χ2v) is 4.87. The zero-order valence-corrected chi connectivity index (χ0v) is 13.4. The number of nitrogens with two attached hydrogens (primary N) is 1. The summed E-state index contributed by atoms with van der Waals surface area (Å²) in [6, 6.07) is 0.0501. The molecule has 0 aromatic carbocycles. The number of anilines is 3. The Morgan fingerprint density at radius 1 is 1.19 bits per heavy atom. The molecule has 1 aromatic rings. The molecule has 0 saturated carbocycles. The number of aromatic nitrogens is 3. The van der Waals surface area contributed by atoms with Gasteiger partial charge in [0.2, 0.25) is 23.8 Å². The molecule has 0 saturated heterocycles. The Labute approximate surface area is 125 Å². The molecule has 1 amide bonds. The minimum Gasteiger partial charge on any atom is -0.368 e. The molecule has 0 aliphatic carbocycles. The van der Waals surface area contributed by atoms with Crippen LogP contribution in [0.1, 0.15) is 27.7 Å². The number of amides is 1. The van der Waals surface area contributed by atoms with Crippen LogP contribution >= 0.6 is 0 Å². The molecule has 0 aliphatic heterocycles. The van der Waals surface area contributed by atoms with Crippen molar-refractivity contribution in [1.29, 1.82) is 0 Å². The Bertz CT molecular complexity index is 474. The average molecular weight is 295 g/mol. The van der Waals surface area contributed by atoms with Crippen LogP contribution in [0, 0.1) is 0 Å². The molecule has 0 atom stereocenters. The van der Waals surface area contributed by atoms with Gasteiger partial charge in [-0.2, -0.15) is 15.0 Å². The summed E-state index contributed by atoms with van der Waals surface area (Å²) in [6.07, 6.45) is 0. The fraction of sp³-hybridized carbons (Fsp3) is 0.692. The molecule has 21 heavy (non-hydrogen) atoms. The smallest absolute Gasteiger partial charge is 0.237 e. The van der Waals surface area contributed by atoms with Gasteiger partial charge in [-0.15, -0.1) is 0 Å². The number of nitrogens with zero attached hydrogens (tertiary/aromatic N) is 5. The predicted octanol–water partition coefficient (Wildman–Crippen LogP) is 0.460. The summed E-state index contributed by atoms with van der Waals surface area (Å²) in [6.45, 7) is 9.65. The molecule has 0 fully saturated rings. The molecule has 0 unspecified atom stereocenters. The summed E-state index contributed by atoms with van der Waals surface area (Å²) in [5.74, 6) is 1.09. The van der Waals surface area contributed by atoms with E-state index in [-0.39, 0.29) is 12.6 Å². The third kappa shape index (κ3) is 4.44. The van der Waals surface area contributed by atoms with Crippen LogP contribution in [-0.4, -0.2) is 53.6 Å². The minimum atomic E-state index is -0.417. The lowest BCUT2D eigenvalue weighted by molar-refractivity contribution is -0.116. The van der Waals surface area contributed by atoms with Crippen molar-refractivity contribution >= 4 is 23.8 Å². The molecular weight excluding hydrogens is 270 g/mol. The molecule has 0 spiro atoms. The highest BCUT2D eigenvalue weighted by Gasteiger charge is 2.19. The highest BCUT2D eigenvalue weighted by Crippen LogP contribution is 2.18. The number of hydrogen-bond acceptors (Lipinski definition) is 7. The molecule has 118 valence electrons. The number of hydrogen-bond donors (Lipinski definition) is 2. The summed E-state index contributed by atoms with van der Waals surface area (Å²) >= 11 is 0. The van der Waals surface area contributed by atoms with E-state index in [0.29, 0.717) is 17.8 Å². The fourth-order valence-electron chi connectivity index (χ4n) is 1.89. The number of carbonyl (C=O) groups is 1. The first-order valence-corrected chi connectivity index (χ1v) is 7.16. The summed E-state index contributed by atoms with van der Waals surface area (Å²) in [5, 5.41) is 2.93. The van der Waals surface area contributed by atoms with E-state index < -0.39 is 5.91 Å². The lowest BCUT2D eigenvalue weighted by Crippen LogP contribution is -2.40. The molecule has 1 aromatic heterocycles. The Morgan fingerprint density at radius 3 is 2.19 bits per heavy atom. The summed E-state index contributed by atoms with van der Waals surface area (Å²) < 4.78 is 0.